The normalized spacial score (nSPS) is 11.3. The van der Waals surface area contributed by atoms with Gasteiger partial charge in [0, 0.05) is 6.20 Å². The van der Waals surface area contributed by atoms with Crippen LogP contribution in [0.2, 0.25) is 0 Å². The molecule has 5 heteroatoms. The topological polar surface area (TPSA) is 30.0 Å². The first-order chi connectivity index (χ1) is 5.99. The van der Waals surface area contributed by atoms with E-state index >= 15 is 0 Å². The number of nitrogens with zero attached hydrogens (tertiary/aromatic N) is 1. The zero-order chi connectivity index (χ0) is 9.90. The number of pyridine rings is 1. The molecule has 0 unspecified atom stereocenters. The second-order valence-corrected chi connectivity index (χ2v) is 2.43. The van der Waals surface area contributed by atoms with Gasteiger partial charge in [0.25, 0.3) is 0 Å². The fourth-order valence-corrected chi connectivity index (χ4v) is 0.800. The Morgan fingerprint density at radius 2 is 2.08 bits per heavy atom. The summed E-state index contributed by atoms with van der Waals surface area (Å²) in [7, 11) is 0. The van der Waals surface area contributed by atoms with Gasteiger partial charge in [-0.25, -0.2) is 0 Å². The molecule has 0 bridgehead atoms. The van der Waals surface area contributed by atoms with E-state index in [9.17, 15) is 18.0 Å². The fourth-order valence-electron chi connectivity index (χ4n) is 0.800. The third kappa shape index (κ3) is 3.23. The van der Waals surface area contributed by atoms with Gasteiger partial charge in [-0.3, -0.25) is 9.78 Å². The third-order valence-corrected chi connectivity index (χ3v) is 1.31. The monoisotopic (exact) mass is 189 g/mol. The molecule has 1 heterocycles. The molecule has 0 saturated carbocycles. The number of aromatic nitrogens is 1. The average molecular weight is 189 g/mol. The van der Waals surface area contributed by atoms with Gasteiger partial charge in [-0.05, 0) is 12.1 Å². The molecule has 0 aromatic carbocycles. The number of halogens is 3. The van der Waals surface area contributed by atoms with Crippen LogP contribution in [-0.4, -0.2) is 16.9 Å². The summed E-state index contributed by atoms with van der Waals surface area (Å²) in [6, 6.07) is 4.26. The highest BCUT2D eigenvalue weighted by Gasteiger charge is 2.31. The molecule has 13 heavy (non-hydrogen) atoms. The predicted molar refractivity (Wildman–Crippen MR) is 39.2 cm³/mol. The molecule has 0 fully saturated rings. The molecule has 70 valence electrons. The quantitative estimate of drug-likeness (QED) is 0.667. The van der Waals surface area contributed by atoms with Crippen molar-refractivity contribution in [3.63, 3.8) is 0 Å². The van der Waals surface area contributed by atoms with Crippen LogP contribution in [-0.2, 0) is 0 Å². The van der Waals surface area contributed by atoms with E-state index < -0.39 is 18.4 Å². The Bertz CT molecular complexity index is 294. The van der Waals surface area contributed by atoms with E-state index in [4.69, 9.17) is 0 Å². The van der Waals surface area contributed by atoms with Gasteiger partial charge in [-0.2, -0.15) is 13.2 Å². The van der Waals surface area contributed by atoms with E-state index in [1.54, 1.807) is 0 Å². The summed E-state index contributed by atoms with van der Waals surface area (Å²) in [5, 5.41) is 0. The Kier molecular flexibility index (Phi) is 2.65. The van der Waals surface area contributed by atoms with Gasteiger partial charge in [0.05, 0.1) is 0 Å². The van der Waals surface area contributed by atoms with Crippen molar-refractivity contribution in [2.75, 3.05) is 0 Å². The smallest absolute Gasteiger partial charge is 0.292 e. The molecule has 0 aliphatic rings. The lowest BCUT2D eigenvalue weighted by Gasteiger charge is -2.03. The number of hydrogen-bond acceptors (Lipinski definition) is 2. The first-order valence-electron chi connectivity index (χ1n) is 3.50. The van der Waals surface area contributed by atoms with E-state index in [0.29, 0.717) is 0 Å². The zero-order valence-corrected chi connectivity index (χ0v) is 6.51. The van der Waals surface area contributed by atoms with Crippen molar-refractivity contribution >= 4 is 5.78 Å². The second-order valence-electron chi connectivity index (χ2n) is 2.43. The lowest BCUT2D eigenvalue weighted by molar-refractivity contribution is -0.125. The Morgan fingerprint density at radius 3 is 2.54 bits per heavy atom. The Labute approximate surface area is 72.4 Å². The highest BCUT2D eigenvalue weighted by Crippen LogP contribution is 2.21. The van der Waals surface area contributed by atoms with Gasteiger partial charge >= 0.3 is 6.18 Å². The molecule has 0 N–H and O–H groups in total. The highest BCUT2D eigenvalue weighted by atomic mass is 19.4. The molecule has 0 aliphatic heterocycles. The number of ketones is 1. The Morgan fingerprint density at radius 1 is 1.38 bits per heavy atom. The van der Waals surface area contributed by atoms with E-state index in [1.807, 2.05) is 0 Å². The van der Waals surface area contributed by atoms with Crippen LogP contribution in [0.5, 0.6) is 0 Å². The summed E-state index contributed by atoms with van der Waals surface area (Å²) in [5.74, 6) is -1.01. The molecule has 0 spiro atoms. The number of rotatable bonds is 2. The zero-order valence-electron chi connectivity index (χ0n) is 6.51. The summed E-state index contributed by atoms with van der Waals surface area (Å²) in [6.07, 6.45) is -4.64. The summed E-state index contributed by atoms with van der Waals surface area (Å²) in [5.41, 5.74) is -0.153. The molecule has 1 aromatic heterocycles. The van der Waals surface area contributed by atoms with E-state index in [-0.39, 0.29) is 5.69 Å². The first kappa shape index (κ1) is 9.70. The van der Waals surface area contributed by atoms with Crippen LogP contribution in [0.3, 0.4) is 0 Å². The van der Waals surface area contributed by atoms with Crippen LogP contribution >= 0.6 is 0 Å². The molecular weight excluding hydrogens is 183 g/mol. The van der Waals surface area contributed by atoms with Gasteiger partial charge in [0.1, 0.15) is 12.1 Å². The largest absolute Gasteiger partial charge is 0.396 e. The molecule has 0 radical (unpaired) electrons. The number of Topliss-reactive ketones (excluding diaryl/α,β-unsaturated/α-hetero) is 1. The number of carbonyl (C=O) groups is 1. The van der Waals surface area contributed by atoms with Crippen molar-refractivity contribution in [1.29, 1.82) is 0 Å². The average Bonchev–Trinajstić information content (AvgIpc) is 2.03. The minimum atomic E-state index is -4.46. The van der Waals surface area contributed by atoms with E-state index in [2.05, 4.69) is 4.98 Å². The van der Waals surface area contributed by atoms with Crippen molar-refractivity contribution < 1.29 is 18.0 Å². The van der Waals surface area contributed by atoms with Crippen LogP contribution in [0, 0.1) is 0 Å². The number of alkyl halides is 3. The summed E-state index contributed by atoms with van der Waals surface area (Å²) >= 11 is 0. The fraction of sp³-hybridized carbons (Fsp3) is 0.250. The van der Waals surface area contributed by atoms with Crippen LogP contribution in [0.15, 0.2) is 24.4 Å². The van der Waals surface area contributed by atoms with Crippen molar-refractivity contribution in [2.24, 2.45) is 0 Å². The van der Waals surface area contributed by atoms with Crippen molar-refractivity contribution in [2.45, 2.75) is 12.6 Å². The number of carbonyl (C=O) groups excluding carboxylic acids is 1. The third-order valence-electron chi connectivity index (χ3n) is 1.31. The molecule has 0 atom stereocenters. The van der Waals surface area contributed by atoms with Crippen LogP contribution in [0.1, 0.15) is 16.9 Å². The van der Waals surface area contributed by atoms with Crippen LogP contribution in [0.4, 0.5) is 13.2 Å². The van der Waals surface area contributed by atoms with E-state index in [1.165, 1.54) is 24.4 Å². The second kappa shape index (κ2) is 3.55. The van der Waals surface area contributed by atoms with E-state index in [0.717, 1.165) is 0 Å². The minimum absolute atomic E-state index is 0.153. The van der Waals surface area contributed by atoms with Gasteiger partial charge in [0.2, 0.25) is 0 Å². The van der Waals surface area contributed by atoms with Crippen molar-refractivity contribution in [3.05, 3.63) is 30.1 Å². The van der Waals surface area contributed by atoms with Gasteiger partial charge in [-0.1, -0.05) is 6.07 Å². The van der Waals surface area contributed by atoms with Gasteiger partial charge in [0.15, 0.2) is 5.78 Å². The molecule has 0 saturated heterocycles. The lowest BCUT2D eigenvalue weighted by Crippen LogP contribution is -2.15. The van der Waals surface area contributed by atoms with Crippen molar-refractivity contribution in [3.8, 4) is 0 Å². The SMILES string of the molecule is O=C(CC(F)(F)F)c1ccccn1. The van der Waals surface area contributed by atoms with Crippen LogP contribution in [0.25, 0.3) is 0 Å². The van der Waals surface area contributed by atoms with Crippen molar-refractivity contribution in [1.82, 2.24) is 4.98 Å². The highest BCUT2D eigenvalue weighted by molar-refractivity contribution is 5.94. The standard InChI is InChI=1S/C8H6F3NO/c9-8(10,11)5-7(13)6-3-1-2-4-12-6/h1-4H,5H2. The minimum Gasteiger partial charge on any atom is -0.292 e. The Balaban J connectivity index is 2.71. The Hall–Kier alpha value is -1.39. The lowest BCUT2D eigenvalue weighted by atomic mass is 10.2. The van der Waals surface area contributed by atoms with Gasteiger partial charge < -0.3 is 0 Å². The maximum absolute atomic E-state index is 11.7. The maximum Gasteiger partial charge on any atom is 0.396 e. The number of hydrogen-bond donors (Lipinski definition) is 0. The van der Waals surface area contributed by atoms with Gasteiger partial charge in [-0.15, -0.1) is 0 Å². The summed E-state index contributed by atoms with van der Waals surface area (Å²) < 4.78 is 35.2. The summed E-state index contributed by atoms with van der Waals surface area (Å²) in [6.45, 7) is 0. The maximum atomic E-state index is 11.7. The molecular formula is C8H6F3NO. The molecule has 0 aliphatic carbocycles. The molecule has 0 amide bonds. The molecule has 2 nitrogen and oxygen atoms in total. The predicted octanol–water partition coefficient (Wildman–Crippen LogP) is 2.22. The summed E-state index contributed by atoms with van der Waals surface area (Å²) in [4.78, 5) is 14.4. The molecule has 1 rings (SSSR count). The van der Waals surface area contributed by atoms with Crippen LogP contribution < -0.4 is 0 Å². The molecule has 1 aromatic rings. The first-order valence-corrected chi connectivity index (χ1v) is 3.50.